The van der Waals surface area contributed by atoms with Crippen LogP contribution in [0.2, 0.25) is 0 Å². The molecule has 94 valence electrons. The molecular weight excluding hydrogens is 234 g/mol. The first-order valence-electron chi connectivity index (χ1n) is 6.39. The van der Waals surface area contributed by atoms with E-state index in [1.165, 1.54) is 5.56 Å². The molecule has 3 nitrogen and oxygen atoms in total. The molecular formula is C16H15N3. The van der Waals surface area contributed by atoms with Gasteiger partial charge in [0.15, 0.2) is 0 Å². The van der Waals surface area contributed by atoms with Gasteiger partial charge in [-0.1, -0.05) is 18.2 Å². The standard InChI is InChI=1S/C16H15N3/c17-10-11-2-1-3-14(8-11)19-13-6-4-12(5-7-13)15-9-16(15)18/h1-8,15-16,19H,9,18H2/t15-,16+/m0/s1. The summed E-state index contributed by atoms with van der Waals surface area (Å²) >= 11 is 0. The van der Waals surface area contributed by atoms with E-state index < -0.39 is 0 Å². The first-order valence-corrected chi connectivity index (χ1v) is 6.39. The van der Waals surface area contributed by atoms with Crippen molar-refractivity contribution in [2.75, 3.05) is 5.32 Å². The highest BCUT2D eigenvalue weighted by atomic mass is 14.9. The molecule has 2 aromatic carbocycles. The van der Waals surface area contributed by atoms with Crippen LogP contribution in [0.1, 0.15) is 23.5 Å². The summed E-state index contributed by atoms with van der Waals surface area (Å²) in [6.07, 6.45) is 1.09. The van der Waals surface area contributed by atoms with Gasteiger partial charge >= 0.3 is 0 Å². The van der Waals surface area contributed by atoms with Crippen LogP contribution < -0.4 is 11.1 Å². The zero-order valence-corrected chi connectivity index (χ0v) is 10.5. The molecule has 2 atom stereocenters. The van der Waals surface area contributed by atoms with Gasteiger partial charge in [0.1, 0.15) is 0 Å². The smallest absolute Gasteiger partial charge is 0.0992 e. The van der Waals surface area contributed by atoms with Crippen molar-refractivity contribution in [3.8, 4) is 6.07 Å². The van der Waals surface area contributed by atoms with Crippen molar-refractivity contribution in [2.45, 2.75) is 18.4 Å². The maximum Gasteiger partial charge on any atom is 0.0992 e. The van der Waals surface area contributed by atoms with Gasteiger partial charge in [-0.25, -0.2) is 0 Å². The number of nitriles is 1. The van der Waals surface area contributed by atoms with Crippen LogP contribution in [0, 0.1) is 11.3 Å². The minimum absolute atomic E-state index is 0.339. The van der Waals surface area contributed by atoms with Gasteiger partial charge in [0.25, 0.3) is 0 Å². The molecule has 3 rings (SSSR count). The zero-order chi connectivity index (χ0) is 13.2. The van der Waals surface area contributed by atoms with Gasteiger partial charge in [-0.15, -0.1) is 0 Å². The second kappa shape index (κ2) is 4.75. The van der Waals surface area contributed by atoms with E-state index in [2.05, 4.69) is 35.7 Å². The summed E-state index contributed by atoms with van der Waals surface area (Å²) in [7, 11) is 0. The summed E-state index contributed by atoms with van der Waals surface area (Å²) in [5, 5.41) is 12.2. The molecule has 0 unspecified atom stereocenters. The summed E-state index contributed by atoms with van der Waals surface area (Å²) in [6, 6.07) is 18.3. The second-order valence-electron chi connectivity index (χ2n) is 4.95. The van der Waals surface area contributed by atoms with E-state index in [1.54, 1.807) is 6.07 Å². The normalized spacial score (nSPS) is 20.6. The maximum atomic E-state index is 8.87. The molecule has 0 amide bonds. The minimum atomic E-state index is 0.339. The molecule has 1 saturated carbocycles. The summed E-state index contributed by atoms with van der Waals surface area (Å²) in [5.41, 5.74) is 9.76. The lowest BCUT2D eigenvalue weighted by Gasteiger charge is -2.07. The van der Waals surface area contributed by atoms with Crippen LogP contribution in [0.15, 0.2) is 48.5 Å². The van der Waals surface area contributed by atoms with E-state index in [0.717, 1.165) is 17.8 Å². The Kier molecular flexibility index (Phi) is 2.94. The predicted molar refractivity (Wildman–Crippen MR) is 76.2 cm³/mol. The maximum absolute atomic E-state index is 8.87. The number of benzene rings is 2. The summed E-state index contributed by atoms with van der Waals surface area (Å²) in [4.78, 5) is 0. The molecule has 0 aliphatic heterocycles. The average molecular weight is 249 g/mol. The van der Waals surface area contributed by atoms with Crippen molar-refractivity contribution in [1.29, 1.82) is 5.26 Å². The van der Waals surface area contributed by atoms with Gasteiger partial charge in [0, 0.05) is 23.3 Å². The molecule has 3 heteroatoms. The van der Waals surface area contributed by atoms with Crippen LogP contribution in [0.4, 0.5) is 11.4 Å². The topological polar surface area (TPSA) is 61.8 Å². The first-order chi connectivity index (χ1) is 9.26. The van der Waals surface area contributed by atoms with E-state index in [0.29, 0.717) is 17.5 Å². The number of hydrogen-bond acceptors (Lipinski definition) is 3. The van der Waals surface area contributed by atoms with Crippen LogP contribution in [0.5, 0.6) is 0 Å². The van der Waals surface area contributed by atoms with Crippen molar-refractivity contribution < 1.29 is 0 Å². The van der Waals surface area contributed by atoms with Gasteiger partial charge in [-0.2, -0.15) is 5.26 Å². The Labute approximate surface area is 112 Å². The lowest BCUT2D eigenvalue weighted by atomic mass is 10.1. The molecule has 2 aromatic rings. The molecule has 0 bridgehead atoms. The molecule has 3 N–H and O–H groups in total. The number of nitrogens with zero attached hydrogens (tertiary/aromatic N) is 1. The van der Waals surface area contributed by atoms with E-state index in [9.17, 15) is 0 Å². The third-order valence-electron chi connectivity index (χ3n) is 3.46. The SMILES string of the molecule is N#Cc1cccc(Nc2ccc([C@@H]3C[C@H]3N)cc2)c1. The molecule has 0 spiro atoms. The number of nitrogens with one attached hydrogen (secondary N) is 1. The fourth-order valence-electron chi connectivity index (χ4n) is 2.24. The Morgan fingerprint density at radius 1 is 1.11 bits per heavy atom. The van der Waals surface area contributed by atoms with E-state index in [1.807, 2.05) is 18.2 Å². The quantitative estimate of drug-likeness (QED) is 0.878. The predicted octanol–water partition coefficient (Wildman–Crippen LogP) is 3.12. The van der Waals surface area contributed by atoms with Crippen LogP contribution in [0.25, 0.3) is 0 Å². The monoisotopic (exact) mass is 249 g/mol. The van der Waals surface area contributed by atoms with E-state index in [-0.39, 0.29) is 0 Å². The van der Waals surface area contributed by atoms with Gasteiger partial charge in [0.05, 0.1) is 11.6 Å². The Bertz CT molecular complexity index is 625. The zero-order valence-electron chi connectivity index (χ0n) is 10.5. The fraction of sp³-hybridized carbons (Fsp3) is 0.188. The Hall–Kier alpha value is -2.31. The van der Waals surface area contributed by atoms with Gasteiger partial charge in [-0.3, -0.25) is 0 Å². The molecule has 1 fully saturated rings. The number of hydrogen-bond donors (Lipinski definition) is 2. The summed E-state index contributed by atoms with van der Waals surface area (Å²) in [6.45, 7) is 0. The largest absolute Gasteiger partial charge is 0.355 e. The lowest BCUT2D eigenvalue weighted by Crippen LogP contribution is -2.00. The molecule has 0 aromatic heterocycles. The van der Waals surface area contributed by atoms with Crippen LogP contribution in [0.3, 0.4) is 0 Å². The fourth-order valence-corrected chi connectivity index (χ4v) is 2.24. The highest BCUT2D eigenvalue weighted by Gasteiger charge is 2.34. The molecule has 0 saturated heterocycles. The highest BCUT2D eigenvalue weighted by molar-refractivity contribution is 5.61. The highest BCUT2D eigenvalue weighted by Crippen LogP contribution is 2.39. The third kappa shape index (κ3) is 2.59. The molecule has 1 aliphatic carbocycles. The first kappa shape index (κ1) is 11.8. The average Bonchev–Trinajstić information content (AvgIpc) is 3.17. The Balaban J connectivity index is 1.74. The van der Waals surface area contributed by atoms with Gasteiger partial charge < -0.3 is 11.1 Å². The van der Waals surface area contributed by atoms with E-state index in [4.69, 9.17) is 11.0 Å². The Morgan fingerprint density at radius 3 is 2.47 bits per heavy atom. The molecule has 19 heavy (non-hydrogen) atoms. The van der Waals surface area contributed by atoms with Gasteiger partial charge in [0.2, 0.25) is 0 Å². The van der Waals surface area contributed by atoms with Crippen molar-refractivity contribution in [1.82, 2.24) is 0 Å². The van der Waals surface area contributed by atoms with Crippen LogP contribution >= 0.6 is 0 Å². The van der Waals surface area contributed by atoms with Crippen molar-refractivity contribution >= 4 is 11.4 Å². The van der Waals surface area contributed by atoms with Crippen LogP contribution in [-0.2, 0) is 0 Å². The van der Waals surface area contributed by atoms with Crippen molar-refractivity contribution in [3.05, 3.63) is 59.7 Å². The number of nitrogens with two attached hydrogens (primary N) is 1. The van der Waals surface area contributed by atoms with Gasteiger partial charge in [-0.05, 0) is 42.3 Å². The molecule has 1 aliphatic rings. The van der Waals surface area contributed by atoms with E-state index >= 15 is 0 Å². The van der Waals surface area contributed by atoms with Crippen molar-refractivity contribution in [3.63, 3.8) is 0 Å². The van der Waals surface area contributed by atoms with Crippen molar-refractivity contribution in [2.24, 2.45) is 5.73 Å². The summed E-state index contributed by atoms with van der Waals surface area (Å²) in [5.74, 6) is 0.538. The number of rotatable bonds is 3. The molecule has 0 heterocycles. The minimum Gasteiger partial charge on any atom is -0.355 e. The third-order valence-corrected chi connectivity index (χ3v) is 3.46. The lowest BCUT2D eigenvalue weighted by molar-refractivity contribution is 0.991. The second-order valence-corrected chi connectivity index (χ2v) is 4.95. The van der Waals surface area contributed by atoms with Crippen LogP contribution in [-0.4, -0.2) is 6.04 Å². The summed E-state index contributed by atoms with van der Waals surface area (Å²) < 4.78 is 0. The molecule has 0 radical (unpaired) electrons. The number of anilines is 2. The Morgan fingerprint density at radius 2 is 1.84 bits per heavy atom.